The number of nitrogens with two attached hydrogens (primary N) is 1. The van der Waals surface area contributed by atoms with E-state index >= 15 is 0 Å². The molecule has 2 rings (SSSR count). The first-order valence-electron chi connectivity index (χ1n) is 6.95. The number of rotatable bonds is 5. The van der Waals surface area contributed by atoms with Crippen LogP contribution in [0.5, 0.6) is 0 Å². The fourth-order valence-corrected chi connectivity index (χ4v) is 2.86. The highest BCUT2D eigenvalue weighted by molar-refractivity contribution is 5.14. The van der Waals surface area contributed by atoms with Gasteiger partial charge in [0.05, 0.1) is 0 Å². The van der Waals surface area contributed by atoms with Crippen molar-refractivity contribution in [3.63, 3.8) is 0 Å². The minimum absolute atomic E-state index is 0.0963. The summed E-state index contributed by atoms with van der Waals surface area (Å²) < 4.78 is 0. The lowest BCUT2D eigenvalue weighted by atomic mass is 9.94. The van der Waals surface area contributed by atoms with Gasteiger partial charge >= 0.3 is 0 Å². The number of aliphatic hydroxyl groups excluding tert-OH is 1. The molecule has 3 N–H and O–H groups in total. The summed E-state index contributed by atoms with van der Waals surface area (Å²) in [6.45, 7) is 2.29. The summed E-state index contributed by atoms with van der Waals surface area (Å²) in [5.74, 6) is 0. The molecule has 1 aliphatic rings. The Hall–Kier alpha value is -0.900. The summed E-state index contributed by atoms with van der Waals surface area (Å²) in [5, 5.41) is 9.04. The van der Waals surface area contributed by atoms with E-state index in [1.165, 1.54) is 18.4 Å². The van der Waals surface area contributed by atoms with Gasteiger partial charge in [0.25, 0.3) is 0 Å². The Bertz CT molecular complexity index is 342. The normalized spacial score (nSPS) is 22.9. The molecule has 3 heteroatoms. The highest BCUT2D eigenvalue weighted by atomic mass is 16.3. The molecule has 0 saturated carbocycles. The predicted octanol–water partition coefficient (Wildman–Crippen LogP) is 1.75. The third-order valence-corrected chi connectivity index (χ3v) is 3.85. The van der Waals surface area contributed by atoms with E-state index in [-0.39, 0.29) is 12.6 Å². The molecule has 1 aliphatic heterocycles. The van der Waals surface area contributed by atoms with Gasteiger partial charge in [0.1, 0.15) is 0 Å². The monoisotopic (exact) mass is 248 g/mol. The minimum Gasteiger partial charge on any atom is -0.396 e. The SMILES string of the molecule is NC(CCO)C1CCCCN1Cc1ccccc1. The fourth-order valence-electron chi connectivity index (χ4n) is 2.86. The molecule has 1 fully saturated rings. The van der Waals surface area contributed by atoms with Crippen LogP contribution in [0.25, 0.3) is 0 Å². The van der Waals surface area contributed by atoms with Gasteiger partial charge in [-0.2, -0.15) is 0 Å². The van der Waals surface area contributed by atoms with E-state index in [0.717, 1.165) is 19.5 Å². The number of likely N-dealkylation sites (tertiary alicyclic amines) is 1. The number of aliphatic hydroxyl groups is 1. The van der Waals surface area contributed by atoms with Gasteiger partial charge < -0.3 is 10.8 Å². The van der Waals surface area contributed by atoms with Crippen molar-refractivity contribution < 1.29 is 5.11 Å². The zero-order chi connectivity index (χ0) is 12.8. The molecule has 0 bridgehead atoms. The summed E-state index contributed by atoms with van der Waals surface area (Å²) in [6.07, 6.45) is 4.38. The van der Waals surface area contributed by atoms with Crippen LogP contribution in [-0.4, -0.2) is 35.2 Å². The van der Waals surface area contributed by atoms with Crippen LogP contribution in [0.15, 0.2) is 30.3 Å². The Labute approximate surface area is 110 Å². The van der Waals surface area contributed by atoms with Crippen LogP contribution in [0, 0.1) is 0 Å². The summed E-state index contributed by atoms with van der Waals surface area (Å²) in [6, 6.07) is 11.1. The lowest BCUT2D eigenvalue weighted by molar-refractivity contribution is 0.108. The lowest BCUT2D eigenvalue weighted by Gasteiger charge is -2.39. The molecular formula is C15H24N2O. The van der Waals surface area contributed by atoms with Gasteiger partial charge in [0.2, 0.25) is 0 Å². The summed E-state index contributed by atoms with van der Waals surface area (Å²) in [4.78, 5) is 2.49. The maximum Gasteiger partial charge on any atom is 0.0446 e. The van der Waals surface area contributed by atoms with Crippen molar-refractivity contribution in [1.82, 2.24) is 4.90 Å². The number of benzene rings is 1. The Morgan fingerprint density at radius 3 is 2.78 bits per heavy atom. The maximum absolute atomic E-state index is 9.04. The lowest BCUT2D eigenvalue weighted by Crippen LogP contribution is -2.50. The number of hydrogen-bond acceptors (Lipinski definition) is 3. The van der Waals surface area contributed by atoms with Crippen molar-refractivity contribution in [2.24, 2.45) is 5.73 Å². The fraction of sp³-hybridized carbons (Fsp3) is 0.600. The average Bonchev–Trinajstić information content (AvgIpc) is 2.41. The zero-order valence-electron chi connectivity index (χ0n) is 11.0. The standard InChI is InChI=1S/C15H24N2O/c16-14(9-11-18)15-8-4-5-10-17(15)12-13-6-2-1-3-7-13/h1-3,6-7,14-15,18H,4-5,8-12,16H2. The van der Waals surface area contributed by atoms with E-state index in [4.69, 9.17) is 10.8 Å². The van der Waals surface area contributed by atoms with E-state index in [2.05, 4.69) is 35.2 Å². The number of hydrogen-bond donors (Lipinski definition) is 2. The third-order valence-electron chi connectivity index (χ3n) is 3.85. The topological polar surface area (TPSA) is 49.5 Å². The molecular weight excluding hydrogens is 224 g/mol. The van der Waals surface area contributed by atoms with Crippen LogP contribution >= 0.6 is 0 Å². The van der Waals surface area contributed by atoms with Crippen molar-refractivity contribution in [3.8, 4) is 0 Å². The quantitative estimate of drug-likeness (QED) is 0.834. The van der Waals surface area contributed by atoms with Crippen LogP contribution in [-0.2, 0) is 6.54 Å². The molecule has 1 aromatic rings. The van der Waals surface area contributed by atoms with Gasteiger partial charge in [-0.1, -0.05) is 36.8 Å². The molecule has 18 heavy (non-hydrogen) atoms. The molecule has 0 aromatic heterocycles. The summed E-state index contributed by atoms with van der Waals surface area (Å²) in [7, 11) is 0. The first kappa shape index (κ1) is 13.5. The molecule has 0 aliphatic carbocycles. The molecule has 3 nitrogen and oxygen atoms in total. The second kappa shape index (κ2) is 6.88. The minimum atomic E-state index is 0.0963. The van der Waals surface area contributed by atoms with Crippen molar-refractivity contribution in [1.29, 1.82) is 0 Å². The van der Waals surface area contributed by atoms with E-state index in [1.807, 2.05) is 0 Å². The number of piperidine rings is 1. The van der Waals surface area contributed by atoms with E-state index in [1.54, 1.807) is 0 Å². The molecule has 1 heterocycles. The van der Waals surface area contributed by atoms with Gasteiger partial charge in [0, 0.05) is 25.2 Å². The second-order valence-corrected chi connectivity index (χ2v) is 5.20. The Balaban J connectivity index is 1.99. The first-order chi connectivity index (χ1) is 8.81. The van der Waals surface area contributed by atoms with E-state index < -0.39 is 0 Å². The largest absolute Gasteiger partial charge is 0.396 e. The van der Waals surface area contributed by atoms with Crippen LogP contribution < -0.4 is 5.73 Å². The van der Waals surface area contributed by atoms with Crippen molar-refractivity contribution in [2.75, 3.05) is 13.2 Å². The van der Waals surface area contributed by atoms with Crippen LogP contribution in [0.1, 0.15) is 31.2 Å². The Kier molecular flexibility index (Phi) is 5.17. The Morgan fingerprint density at radius 1 is 1.28 bits per heavy atom. The van der Waals surface area contributed by atoms with Gasteiger partial charge in [-0.25, -0.2) is 0 Å². The van der Waals surface area contributed by atoms with E-state index in [9.17, 15) is 0 Å². The zero-order valence-corrected chi connectivity index (χ0v) is 11.0. The third kappa shape index (κ3) is 3.55. The maximum atomic E-state index is 9.04. The molecule has 0 amide bonds. The molecule has 0 spiro atoms. The smallest absolute Gasteiger partial charge is 0.0446 e. The summed E-state index contributed by atoms with van der Waals surface area (Å²) in [5.41, 5.74) is 7.55. The molecule has 1 aromatic carbocycles. The van der Waals surface area contributed by atoms with Crippen molar-refractivity contribution >= 4 is 0 Å². The number of nitrogens with zero attached hydrogens (tertiary/aromatic N) is 1. The predicted molar refractivity (Wildman–Crippen MR) is 74.2 cm³/mol. The van der Waals surface area contributed by atoms with Gasteiger partial charge in [-0.3, -0.25) is 4.90 Å². The molecule has 0 radical (unpaired) electrons. The molecule has 2 atom stereocenters. The second-order valence-electron chi connectivity index (χ2n) is 5.20. The highest BCUT2D eigenvalue weighted by Crippen LogP contribution is 2.22. The highest BCUT2D eigenvalue weighted by Gasteiger charge is 2.27. The van der Waals surface area contributed by atoms with Gasteiger partial charge in [0.15, 0.2) is 0 Å². The average molecular weight is 248 g/mol. The summed E-state index contributed by atoms with van der Waals surface area (Å²) >= 11 is 0. The Morgan fingerprint density at radius 2 is 2.06 bits per heavy atom. The van der Waals surface area contributed by atoms with Gasteiger partial charge in [-0.05, 0) is 31.4 Å². The molecule has 100 valence electrons. The molecule has 2 unspecified atom stereocenters. The molecule has 1 saturated heterocycles. The van der Waals surface area contributed by atoms with Gasteiger partial charge in [-0.15, -0.1) is 0 Å². The van der Waals surface area contributed by atoms with E-state index in [0.29, 0.717) is 12.5 Å². The van der Waals surface area contributed by atoms with Crippen LogP contribution in [0.4, 0.5) is 0 Å². The first-order valence-corrected chi connectivity index (χ1v) is 6.95. The van der Waals surface area contributed by atoms with Crippen molar-refractivity contribution in [2.45, 2.75) is 44.3 Å². The van der Waals surface area contributed by atoms with Crippen molar-refractivity contribution in [3.05, 3.63) is 35.9 Å². The van der Waals surface area contributed by atoms with Crippen LogP contribution in [0.3, 0.4) is 0 Å². The van der Waals surface area contributed by atoms with Crippen LogP contribution in [0.2, 0.25) is 0 Å².